The number of para-hydroxylation sites is 1. The van der Waals surface area contributed by atoms with Crippen LogP contribution in [0.5, 0.6) is 0 Å². The number of benzene rings is 1. The number of furan rings is 1. The Morgan fingerprint density at radius 3 is 2.80 bits per heavy atom. The van der Waals surface area contributed by atoms with Crippen molar-refractivity contribution >= 4 is 34.5 Å². The molecule has 9 nitrogen and oxygen atoms in total. The Balaban J connectivity index is 1.50. The van der Waals surface area contributed by atoms with E-state index in [2.05, 4.69) is 26.4 Å². The average molecular weight is 360 g/mol. The van der Waals surface area contributed by atoms with Crippen LogP contribution in [0.1, 0.15) is 22.5 Å². The van der Waals surface area contributed by atoms with Crippen LogP contribution in [0.4, 0.5) is 0 Å². The first-order valence-corrected chi connectivity index (χ1v) is 8.47. The van der Waals surface area contributed by atoms with Crippen LogP contribution in [0.25, 0.3) is 11.0 Å². The Bertz CT molecular complexity index is 919. The molecule has 2 aromatic heterocycles. The van der Waals surface area contributed by atoms with Crippen LogP contribution >= 0.6 is 11.8 Å². The number of thioether (sulfide) groups is 1. The fraction of sp³-hybridized carbons (Fsp3) is 0.267. The zero-order valence-electron chi connectivity index (χ0n) is 13.6. The molecule has 2 N–H and O–H groups in total. The van der Waals surface area contributed by atoms with Crippen LogP contribution in [0.2, 0.25) is 0 Å². The number of hydrogen-bond donors (Lipinski definition) is 2. The molecule has 130 valence electrons. The number of nitrogens with zero attached hydrogens (tertiary/aromatic N) is 4. The van der Waals surface area contributed by atoms with E-state index < -0.39 is 5.91 Å². The van der Waals surface area contributed by atoms with Crippen molar-refractivity contribution in [1.82, 2.24) is 31.1 Å². The first kappa shape index (κ1) is 17.0. The molecule has 3 aromatic rings. The quantitative estimate of drug-likeness (QED) is 0.519. The lowest BCUT2D eigenvalue weighted by molar-refractivity contribution is -0.121. The summed E-state index contributed by atoms with van der Waals surface area (Å²) in [5.41, 5.74) is 6.10. The van der Waals surface area contributed by atoms with Gasteiger partial charge in [0, 0.05) is 30.2 Å². The third kappa shape index (κ3) is 3.79. The molecule has 0 radical (unpaired) electrons. The van der Waals surface area contributed by atoms with E-state index in [1.54, 1.807) is 20.0 Å². The van der Waals surface area contributed by atoms with Gasteiger partial charge in [0.2, 0.25) is 11.1 Å². The van der Waals surface area contributed by atoms with Gasteiger partial charge in [-0.25, -0.2) is 4.68 Å². The number of aryl methyl sites for hydroxylation is 2. The molecule has 10 heteroatoms. The molecule has 1 aromatic carbocycles. The first-order valence-electron chi connectivity index (χ1n) is 7.48. The second kappa shape index (κ2) is 7.34. The van der Waals surface area contributed by atoms with E-state index in [9.17, 15) is 9.59 Å². The maximum atomic E-state index is 12.2. The minimum Gasteiger partial charge on any atom is -0.451 e. The maximum absolute atomic E-state index is 12.2. The Morgan fingerprint density at radius 2 is 2.08 bits per heavy atom. The molecule has 3 rings (SSSR count). The summed E-state index contributed by atoms with van der Waals surface area (Å²) in [5, 5.41) is 12.5. The van der Waals surface area contributed by atoms with E-state index in [-0.39, 0.29) is 18.1 Å². The fourth-order valence-electron chi connectivity index (χ4n) is 2.22. The zero-order valence-corrected chi connectivity index (χ0v) is 14.5. The Labute approximate surface area is 147 Å². The van der Waals surface area contributed by atoms with Gasteiger partial charge in [-0.1, -0.05) is 30.0 Å². The standard InChI is InChI=1S/C15H16N6O3S/c1-9-10-5-3-4-6-11(10)24-13(9)14(23)17-16-12(22)7-8-25-15-18-19-20-21(15)2/h3-6H,7-8H2,1-2H3,(H,16,22)(H,17,23). The van der Waals surface area contributed by atoms with Crippen molar-refractivity contribution in [2.24, 2.45) is 7.05 Å². The second-order valence-electron chi connectivity index (χ2n) is 5.24. The van der Waals surface area contributed by atoms with Crippen LogP contribution in [0.3, 0.4) is 0 Å². The lowest BCUT2D eigenvalue weighted by atomic mass is 10.1. The van der Waals surface area contributed by atoms with Crippen molar-refractivity contribution in [2.45, 2.75) is 18.5 Å². The van der Waals surface area contributed by atoms with Crippen molar-refractivity contribution in [3.8, 4) is 0 Å². The first-order chi connectivity index (χ1) is 12.1. The molecule has 0 aliphatic rings. The number of hydrogen-bond acceptors (Lipinski definition) is 7. The summed E-state index contributed by atoms with van der Waals surface area (Å²) >= 11 is 1.35. The molecule has 0 saturated carbocycles. The molecule has 0 bridgehead atoms. The molecule has 2 amide bonds. The number of rotatable bonds is 5. The van der Waals surface area contributed by atoms with E-state index in [4.69, 9.17) is 4.42 Å². The van der Waals surface area contributed by atoms with Crippen molar-refractivity contribution in [3.05, 3.63) is 35.6 Å². The number of amides is 2. The van der Waals surface area contributed by atoms with Crippen LogP contribution in [0, 0.1) is 6.92 Å². The van der Waals surface area contributed by atoms with E-state index in [1.807, 2.05) is 18.2 Å². The number of carbonyl (C=O) groups excluding carboxylic acids is 2. The molecule has 0 aliphatic heterocycles. The number of tetrazole rings is 1. The minimum atomic E-state index is -0.493. The molecule has 0 saturated heterocycles. The number of hydrazine groups is 1. The van der Waals surface area contributed by atoms with Crippen LogP contribution in [0.15, 0.2) is 33.8 Å². The van der Waals surface area contributed by atoms with Gasteiger partial charge in [0.05, 0.1) is 0 Å². The summed E-state index contributed by atoms with van der Waals surface area (Å²) in [5.74, 6) is -0.141. The second-order valence-corrected chi connectivity index (χ2v) is 6.30. The SMILES string of the molecule is Cc1c(C(=O)NNC(=O)CCSc2nnnn2C)oc2ccccc12. The Morgan fingerprint density at radius 1 is 1.28 bits per heavy atom. The summed E-state index contributed by atoms with van der Waals surface area (Å²) in [6.45, 7) is 1.80. The lowest BCUT2D eigenvalue weighted by Crippen LogP contribution is -2.41. The van der Waals surface area contributed by atoms with Gasteiger partial charge in [-0.15, -0.1) is 5.10 Å². The van der Waals surface area contributed by atoms with Gasteiger partial charge in [0.15, 0.2) is 5.76 Å². The normalized spacial score (nSPS) is 10.8. The van der Waals surface area contributed by atoms with Gasteiger partial charge in [0.25, 0.3) is 0 Å². The third-order valence-corrected chi connectivity index (χ3v) is 4.52. The minimum absolute atomic E-state index is 0.182. The maximum Gasteiger partial charge on any atom is 0.305 e. The molecule has 0 fully saturated rings. The van der Waals surface area contributed by atoms with Gasteiger partial charge < -0.3 is 4.42 Å². The average Bonchev–Trinajstić information content (AvgIpc) is 3.17. The fourth-order valence-corrected chi connectivity index (χ4v) is 3.00. The molecular weight excluding hydrogens is 344 g/mol. The lowest BCUT2D eigenvalue weighted by Gasteiger charge is -2.06. The predicted molar refractivity (Wildman–Crippen MR) is 90.7 cm³/mol. The van der Waals surface area contributed by atoms with E-state index >= 15 is 0 Å². The van der Waals surface area contributed by atoms with Crippen molar-refractivity contribution in [3.63, 3.8) is 0 Å². The summed E-state index contributed by atoms with van der Waals surface area (Å²) < 4.78 is 7.07. The molecule has 0 atom stereocenters. The van der Waals surface area contributed by atoms with Crippen molar-refractivity contribution in [1.29, 1.82) is 0 Å². The number of fused-ring (bicyclic) bond motifs is 1. The van der Waals surface area contributed by atoms with Gasteiger partial charge in [-0.3, -0.25) is 20.4 Å². The van der Waals surface area contributed by atoms with Crippen molar-refractivity contribution in [2.75, 3.05) is 5.75 Å². The summed E-state index contributed by atoms with van der Waals surface area (Å²) in [6, 6.07) is 7.37. The largest absolute Gasteiger partial charge is 0.451 e. The van der Waals surface area contributed by atoms with E-state index in [1.165, 1.54) is 16.4 Å². The Hall–Kier alpha value is -2.88. The molecular formula is C15H16N6O3S. The number of aromatic nitrogens is 4. The van der Waals surface area contributed by atoms with E-state index in [0.717, 1.165) is 10.9 Å². The molecule has 2 heterocycles. The molecule has 0 unspecified atom stereocenters. The molecule has 25 heavy (non-hydrogen) atoms. The topological polar surface area (TPSA) is 115 Å². The summed E-state index contributed by atoms with van der Waals surface area (Å²) in [7, 11) is 1.72. The van der Waals surface area contributed by atoms with Gasteiger partial charge in [0.1, 0.15) is 5.58 Å². The van der Waals surface area contributed by atoms with E-state index in [0.29, 0.717) is 16.5 Å². The number of nitrogens with one attached hydrogen (secondary N) is 2. The molecule has 0 aliphatic carbocycles. The van der Waals surface area contributed by atoms with Crippen LogP contribution in [-0.2, 0) is 11.8 Å². The Kier molecular flexibility index (Phi) is 4.98. The van der Waals surface area contributed by atoms with Gasteiger partial charge in [-0.2, -0.15) is 0 Å². The highest BCUT2D eigenvalue weighted by Crippen LogP contribution is 2.24. The third-order valence-electron chi connectivity index (χ3n) is 3.51. The smallest absolute Gasteiger partial charge is 0.305 e. The highest BCUT2D eigenvalue weighted by molar-refractivity contribution is 7.99. The van der Waals surface area contributed by atoms with Gasteiger partial charge >= 0.3 is 5.91 Å². The van der Waals surface area contributed by atoms with Gasteiger partial charge in [-0.05, 0) is 23.4 Å². The number of carbonyl (C=O) groups is 2. The van der Waals surface area contributed by atoms with Crippen LogP contribution < -0.4 is 10.9 Å². The van der Waals surface area contributed by atoms with Crippen LogP contribution in [-0.4, -0.2) is 37.8 Å². The predicted octanol–water partition coefficient (Wildman–Crippen LogP) is 1.21. The highest BCUT2D eigenvalue weighted by atomic mass is 32.2. The highest BCUT2D eigenvalue weighted by Gasteiger charge is 2.17. The summed E-state index contributed by atoms with van der Waals surface area (Å²) in [6.07, 6.45) is 0.205. The monoisotopic (exact) mass is 360 g/mol. The summed E-state index contributed by atoms with van der Waals surface area (Å²) in [4.78, 5) is 24.0. The molecule has 0 spiro atoms. The van der Waals surface area contributed by atoms with Crippen molar-refractivity contribution < 1.29 is 14.0 Å². The zero-order chi connectivity index (χ0) is 17.8.